The average molecular weight is 322 g/mol. The molecule has 0 unspecified atom stereocenters. The van der Waals surface area contributed by atoms with E-state index in [-0.39, 0.29) is 17.5 Å². The van der Waals surface area contributed by atoms with E-state index < -0.39 is 0 Å². The maximum Gasteiger partial charge on any atom is 0.277 e. The Balaban J connectivity index is 2.16. The first kappa shape index (κ1) is 15.8. The molecule has 0 aromatic heterocycles. The molecule has 0 radical (unpaired) electrons. The number of nitrogens with zero attached hydrogens (tertiary/aromatic N) is 1. The van der Waals surface area contributed by atoms with E-state index in [1.54, 1.807) is 19.2 Å². The Morgan fingerprint density at radius 3 is 2.33 bits per heavy atom. The highest BCUT2D eigenvalue weighted by molar-refractivity contribution is 6.36. The van der Waals surface area contributed by atoms with E-state index in [4.69, 9.17) is 4.74 Å². The third kappa shape index (κ3) is 2.54. The van der Waals surface area contributed by atoms with Crippen LogP contribution in [0, 0.1) is 6.92 Å². The number of ether oxygens (including phenoxy) is 1. The number of amides is 2. The molecular formula is C19H18N2O3. The maximum atomic E-state index is 12.6. The monoisotopic (exact) mass is 322 g/mol. The van der Waals surface area contributed by atoms with Gasteiger partial charge in [0.2, 0.25) is 0 Å². The molecule has 0 fully saturated rings. The fraction of sp³-hybridized carbons (Fsp3) is 0.158. The lowest BCUT2D eigenvalue weighted by Crippen LogP contribution is -2.28. The molecule has 5 nitrogen and oxygen atoms in total. The van der Waals surface area contributed by atoms with Crippen molar-refractivity contribution in [2.75, 3.05) is 19.5 Å². The predicted molar refractivity (Wildman–Crippen MR) is 92.5 cm³/mol. The second-order valence-corrected chi connectivity index (χ2v) is 5.56. The van der Waals surface area contributed by atoms with Gasteiger partial charge in [-0.05, 0) is 24.6 Å². The number of likely N-dealkylation sites (N-methyl/N-ethyl adjacent to an activating group) is 1. The van der Waals surface area contributed by atoms with Crippen LogP contribution in [0.4, 0.5) is 5.69 Å². The molecule has 1 heterocycles. The molecular weight excluding hydrogens is 304 g/mol. The summed E-state index contributed by atoms with van der Waals surface area (Å²) in [6.45, 7) is 1.94. The molecule has 2 amide bonds. The molecule has 2 aromatic rings. The SMILES string of the molecule is COc1ccccc1C1=C(Nc2ccccc2C)C(=O)N(C)C1=O. The van der Waals surface area contributed by atoms with Crippen LogP contribution in [0.15, 0.2) is 54.2 Å². The summed E-state index contributed by atoms with van der Waals surface area (Å²) in [5.74, 6) is -0.155. The van der Waals surface area contributed by atoms with E-state index in [0.717, 1.165) is 16.2 Å². The van der Waals surface area contributed by atoms with Crippen LogP contribution >= 0.6 is 0 Å². The quantitative estimate of drug-likeness (QED) is 0.880. The summed E-state index contributed by atoms with van der Waals surface area (Å²) in [7, 11) is 3.02. The van der Waals surface area contributed by atoms with Gasteiger partial charge >= 0.3 is 0 Å². The average Bonchev–Trinajstić information content (AvgIpc) is 2.81. The topological polar surface area (TPSA) is 58.6 Å². The largest absolute Gasteiger partial charge is 0.496 e. The van der Waals surface area contributed by atoms with Crippen LogP contribution in [0.2, 0.25) is 0 Å². The van der Waals surface area contributed by atoms with Crippen molar-refractivity contribution in [2.24, 2.45) is 0 Å². The highest BCUT2D eigenvalue weighted by atomic mass is 16.5. The van der Waals surface area contributed by atoms with Crippen molar-refractivity contribution in [3.05, 3.63) is 65.4 Å². The van der Waals surface area contributed by atoms with E-state index in [9.17, 15) is 9.59 Å². The van der Waals surface area contributed by atoms with Crippen molar-refractivity contribution >= 4 is 23.1 Å². The van der Waals surface area contributed by atoms with Gasteiger partial charge in [0.1, 0.15) is 11.4 Å². The number of rotatable bonds is 4. The number of methoxy groups -OCH3 is 1. The number of carbonyl (C=O) groups is 2. The van der Waals surface area contributed by atoms with Gasteiger partial charge in [-0.2, -0.15) is 0 Å². The molecule has 0 bridgehead atoms. The summed E-state index contributed by atoms with van der Waals surface area (Å²) in [6.07, 6.45) is 0. The van der Waals surface area contributed by atoms with Crippen molar-refractivity contribution in [1.29, 1.82) is 0 Å². The Morgan fingerprint density at radius 2 is 1.62 bits per heavy atom. The molecule has 2 aromatic carbocycles. The van der Waals surface area contributed by atoms with Gasteiger partial charge < -0.3 is 10.1 Å². The highest BCUT2D eigenvalue weighted by Crippen LogP contribution is 2.34. The van der Waals surface area contributed by atoms with Crippen LogP contribution in [0.1, 0.15) is 11.1 Å². The Morgan fingerprint density at radius 1 is 0.958 bits per heavy atom. The minimum atomic E-state index is -0.357. The number of benzene rings is 2. The Labute approximate surface area is 140 Å². The van der Waals surface area contributed by atoms with E-state index in [0.29, 0.717) is 16.9 Å². The molecule has 0 spiro atoms. The first-order valence-corrected chi connectivity index (χ1v) is 7.57. The molecule has 3 rings (SSSR count). The number of hydrogen-bond donors (Lipinski definition) is 1. The zero-order chi connectivity index (χ0) is 17.3. The molecule has 0 saturated carbocycles. The van der Waals surface area contributed by atoms with Crippen LogP contribution in [-0.2, 0) is 9.59 Å². The first-order chi connectivity index (χ1) is 11.5. The van der Waals surface area contributed by atoms with E-state index >= 15 is 0 Å². The summed E-state index contributed by atoms with van der Waals surface area (Å²) in [5.41, 5.74) is 2.96. The lowest BCUT2D eigenvalue weighted by molar-refractivity contribution is -0.135. The standard InChI is InChI=1S/C19H18N2O3/c1-12-8-4-6-10-14(12)20-17-16(18(22)21(2)19(17)23)13-9-5-7-11-15(13)24-3/h4-11,20H,1-3H3. The number of imide groups is 1. The second-order valence-electron chi connectivity index (χ2n) is 5.56. The van der Waals surface area contributed by atoms with Crippen LogP contribution < -0.4 is 10.1 Å². The fourth-order valence-corrected chi connectivity index (χ4v) is 2.71. The molecule has 0 atom stereocenters. The summed E-state index contributed by atoms with van der Waals surface area (Å²) in [4.78, 5) is 26.3. The van der Waals surface area contributed by atoms with Crippen LogP contribution in [0.3, 0.4) is 0 Å². The van der Waals surface area contributed by atoms with Crippen molar-refractivity contribution in [2.45, 2.75) is 6.92 Å². The Hall–Kier alpha value is -3.08. The normalized spacial score (nSPS) is 14.4. The van der Waals surface area contributed by atoms with Gasteiger partial charge in [0.25, 0.3) is 11.8 Å². The fourth-order valence-electron chi connectivity index (χ4n) is 2.71. The summed E-state index contributed by atoms with van der Waals surface area (Å²) in [6, 6.07) is 14.8. The molecule has 5 heteroatoms. The van der Waals surface area contributed by atoms with Crippen molar-refractivity contribution in [3.63, 3.8) is 0 Å². The number of anilines is 1. The van der Waals surface area contributed by atoms with E-state index in [1.165, 1.54) is 7.05 Å². The van der Waals surface area contributed by atoms with Gasteiger partial charge in [-0.15, -0.1) is 0 Å². The van der Waals surface area contributed by atoms with Gasteiger partial charge in [-0.3, -0.25) is 14.5 Å². The van der Waals surface area contributed by atoms with Gasteiger partial charge in [0.15, 0.2) is 0 Å². The minimum absolute atomic E-state index is 0.265. The summed E-state index contributed by atoms with van der Waals surface area (Å²) >= 11 is 0. The smallest absolute Gasteiger partial charge is 0.277 e. The molecule has 1 aliphatic rings. The van der Waals surface area contributed by atoms with Crippen LogP contribution in [-0.4, -0.2) is 30.9 Å². The van der Waals surface area contributed by atoms with Crippen LogP contribution in [0.5, 0.6) is 5.75 Å². The van der Waals surface area contributed by atoms with Crippen molar-refractivity contribution < 1.29 is 14.3 Å². The van der Waals surface area contributed by atoms with Crippen LogP contribution in [0.25, 0.3) is 5.57 Å². The third-order valence-corrected chi connectivity index (χ3v) is 4.07. The molecule has 1 aliphatic heterocycles. The maximum absolute atomic E-state index is 12.6. The molecule has 24 heavy (non-hydrogen) atoms. The van der Waals surface area contributed by atoms with Gasteiger partial charge in [0.05, 0.1) is 12.7 Å². The summed E-state index contributed by atoms with van der Waals surface area (Å²) < 4.78 is 5.35. The number of para-hydroxylation sites is 2. The minimum Gasteiger partial charge on any atom is -0.496 e. The lowest BCUT2D eigenvalue weighted by atomic mass is 10.0. The van der Waals surface area contributed by atoms with Gasteiger partial charge in [-0.25, -0.2) is 0 Å². The number of aryl methyl sites for hydroxylation is 1. The van der Waals surface area contributed by atoms with E-state index in [2.05, 4.69) is 5.32 Å². The Kier molecular flexibility index (Phi) is 4.08. The zero-order valence-electron chi connectivity index (χ0n) is 13.8. The second kappa shape index (κ2) is 6.20. The highest BCUT2D eigenvalue weighted by Gasteiger charge is 2.38. The third-order valence-electron chi connectivity index (χ3n) is 4.07. The number of nitrogens with one attached hydrogen (secondary N) is 1. The van der Waals surface area contributed by atoms with Crippen molar-refractivity contribution in [1.82, 2.24) is 4.90 Å². The van der Waals surface area contributed by atoms with Gasteiger partial charge in [-0.1, -0.05) is 36.4 Å². The predicted octanol–water partition coefficient (Wildman–Crippen LogP) is 2.83. The molecule has 0 saturated heterocycles. The zero-order valence-corrected chi connectivity index (χ0v) is 13.8. The Bertz CT molecular complexity index is 855. The van der Waals surface area contributed by atoms with Crippen molar-refractivity contribution in [3.8, 4) is 5.75 Å². The lowest BCUT2D eigenvalue weighted by Gasteiger charge is -2.12. The van der Waals surface area contributed by atoms with E-state index in [1.807, 2.05) is 43.3 Å². The van der Waals surface area contributed by atoms with Gasteiger partial charge in [0, 0.05) is 18.3 Å². The first-order valence-electron chi connectivity index (χ1n) is 7.57. The number of hydrogen-bond acceptors (Lipinski definition) is 4. The molecule has 0 aliphatic carbocycles. The molecule has 122 valence electrons. The molecule has 1 N–H and O–H groups in total. The summed E-state index contributed by atoms with van der Waals surface area (Å²) in [5, 5.41) is 3.13. The number of carbonyl (C=O) groups excluding carboxylic acids is 2.